The summed E-state index contributed by atoms with van der Waals surface area (Å²) in [6, 6.07) is 7.61. The van der Waals surface area contributed by atoms with E-state index < -0.39 is 17.3 Å². The summed E-state index contributed by atoms with van der Waals surface area (Å²) in [6.07, 6.45) is 1.45. The van der Waals surface area contributed by atoms with E-state index in [9.17, 15) is 14.0 Å². The van der Waals surface area contributed by atoms with E-state index in [1.807, 2.05) is 0 Å². The van der Waals surface area contributed by atoms with E-state index in [0.29, 0.717) is 16.8 Å². The van der Waals surface area contributed by atoms with Gasteiger partial charge in [-0.25, -0.2) is 9.18 Å². The zero-order chi connectivity index (χ0) is 17.4. The van der Waals surface area contributed by atoms with Gasteiger partial charge in [-0.1, -0.05) is 12.1 Å². The van der Waals surface area contributed by atoms with Crippen LogP contribution in [0, 0.1) is 19.7 Å². The number of pyridine rings is 2. The average Bonchev–Trinajstić information content (AvgIpc) is 2.55. The fourth-order valence-electron chi connectivity index (χ4n) is 2.85. The van der Waals surface area contributed by atoms with Crippen molar-refractivity contribution in [1.29, 1.82) is 0 Å². The highest BCUT2D eigenvalue weighted by atomic mass is 19.1. The number of hydrogen-bond donors (Lipinski definition) is 0. The van der Waals surface area contributed by atoms with Crippen LogP contribution in [0.2, 0.25) is 0 Å². The van der Waals surface area contributed by atoms with Crippen LogP contribution >= 0.6 is 0 Å². The van der Waals surface area contributed by atoms with Crippen LogP contribution in [0.5, 0.6) is 0 Å². The molecular weight excluding hydrogens is 311 g/mol. The van der Waals surface area contributed by atoms with Gasteiger partial charge < -0.3 is 4.74 Å². The van der Waals surface area contributed by atoms with Gasteiger partial charge in [-0.3, -0.25) is 14.3 Å². The second-order valence-electron chi connectivity index (χ2n) is 5.38. The summed E-state index contributed by atoms with van der Waals surface area (Å²) in [5, 5.41) is 0.719. The molecule has 0 unspecified atom stereocenters. The Bertz CT molecular complexity index is 1020. The Morgan fingerprint density at radius 3 is 2.54 bits per heavy atom. The van der Waals surface area contributed by atoms with Gasteiger partial charge in [0.15, 0.2) is 0 Å². The van der Waals surface area contributed by atoms with Gasteiger partial charge in [0.05, 0.1) is 35.1 Å². The fourth-order valence-corrected chi connectivity index (χ4v) is 2.85. The van der Waals surface area contributed by atoms with Crippen molar-refractivity contribution in [3.05, 3.63) is 69.7 Å². The summed E-state index contributed by atoms with van der Waals surface area (Å²) < 4.78 is 20.0. The molecule has 0 bridgehead atoms. The molecule has 0 aliphatic carbocycles. The third-order valence-corrected chi connectivity index (χ3v) is 3.92. The molecule has 0 saturated heterocycles. The van der Waals surface area contributed by atoms with Gasteiger partial charge >= 0.3 is 5.97 Å². The number of fused-ring (bicyclic) bond motifs is 1. The van der Waals surface area contributed by atoms with E-state index >= 15 is 0 Å². The van der Waals surface area contributed by atoms with E-state index in [4.69, 9.17) is 4.74 Å². The van der Waals surface area contributed by atoms with Crippen molar-refractivity contribution in [2.75, 3.05) is 7.11 Å². The van der Waals surface area contributed by atoms with Crippen LogP contribution in [-0.4, -0.2) is 22.6 Å². The fraction of sp³-hybridized carbons (Fsp3) is 0.167. The molecule has 0 spiro atoms. The van der Waals surface area contributed by atoms with Crippen molar-refractivity contribution >= 4 is 16.7 Å². The average molecular weight is 326 g/mol. The van der Waals surface area contributed by atoms with Crippen LogP contribution in [0.1, 0.15) is 21.7 Å². The Morgan fingerprint density at radius 1 is 1.17 bits per heavy atom. The maximum Gasteiger partial charge on any atom is 0.340 e. The molecular formula is C18H15FN2O3. The van der Waals surface area contributed by atoms with Crippen LogP contribution in [0.4, 0.5) is 4.39 Å². The molecule has 5 nitrogen and oxygen atoms in total. The molecule has 0 atom stereocenters. The van der Waals surface area contributed by atoms with E-state index in [2.05, 4.69) is 4.98 Å². The molecule has 2 heterocycles. The highest BCUT2D eigenvalue weighted by molar-refractivity contribution is 6.05. The molecule has 0 N–H and O–H groups in total. The molecule has 0 saturated carbocycles. The van der Waals surface area contributed by atoms with Crippen LogP contribution in [0.3, 0.4) is 0 Å². The molecule has 0 aliphatic heterocycles. The monoisotopic (exact) mass is 326 g/mol. The number of para-hydroxylation sites is 1. The lowest BCUT2D eigenvalue weighted by molar-refractivity contribution is 0.0601. The lowest BCUT2D eigenvalue weighted by Gasteiger charge is -2.13. The summed E-state index contributed by atoms with van der Waals surface area (Å²) in [5.41, 5.74) is 0.911. The molecule has 0 fully saturated rings. The third-order valence-electron chi connectivity index (χ3n) is 3.92. The summed E-state index contributed by atoms with van der Waals surface area (Å²) in [4.78, 5) is 29.2. The topological polar surface area (TPSA) is 61.2 Å². The number of carbonyl (C=O) groups excluding carboxylic acids is 1. The van der Waals surface area contributed by atoms with Crippen LogP contribution in [0.25, 0.3) is 16.5 Å². The lowest BCUT2D eigenvalue weighted by Crippen LogP contribution is -2.21. The first-order chi connectivity index (χ1) is 11.5. The van der Waals surface area contributed by atoms with Crippen molar-refractivity contribution in [1.82, 2.24) is 9.55 Å². The maximum absolute atomic E-state index is 14.0. The summed E-state index contributed by atoms with van der Waals surface area (Å²) in [6.45, 7) is 3.37. The van der Waals surface area contributed by atoms with E-state index in [1.165, 1.54) is 30.0 Å². The number of aryl methyl sites for hydroxylation is 2. The summed E-state index contributed by atoms with van der Waals surface area (Å²) in [7, 11) is 1.27. The molecule has 3 rings (SSSR count). The van der Waals surface area contributed by atoms with Gasteiger partial charge in [0, 0.05) is 11.6 Å². The van der Waals surface area contributed by atoms with Crippen LogP contribution in [0.15, 0.2) is 41.3 Å². The maximum atomic E-state index is 14.0. The molecule has 0 amide bonds. The predicted octanol–water partition coefficient (Wildman–Crippen LogP) is 2.93. The molecule has 1 aromatic carbocycles. The number of hydrogen-bond acceptors (Lipinski definition) is 4. The van der Waals surface area contributed by atoms with Crippen LogP contribution < -0.4 is 5.56 Å². The molecule has 24 heavy (non-hydrogen) atoms. The second kappa shape index (κ2) is 5.88. The quantitative estimate of drug-likeness (QED) is 0.679. The Labute approximate surface area is 137 Å². The molecule has 0 radical (unpaired) electrons. The Kier molecular flexibility index (Phi) is 3.89. The second-order valence-corrected chi connectivity index (χ2v) is 5.38. The minimum atomic E-state index is -0.562. The largest absolute Gasteiger partial charge is 0.465 e. The molecule has 2 aromatic heterocycles. The summed E-state index contributed by atoms with van der Waals surface area (Å²) in [5.74, 6) is -1.07. The number of benzene rings is 1. The first kappa shape index (κ1) is 15.9. The van der Waals surface area contributed by atoms with Crippen LogP contribution in [-0.2, 0) is 4.74 Å². The highest BCUT2D eigenvalue weighted by Gasteiger charge is 2.20. The smallest absolute Gasteiger partial charge is 0.340 e. The van der Waals surface area contributed by atoms with Crippen molar-refractivity contribution < 1.29 is 13.9 Å². The summed E-state index contributed by atoms with van der Waals surface area (Å²) >= 11 is 0. The third kappa shape index (κ3) is 2.36. The number of aromatic nitrogens is 2. The number of nitrogens with zero attached hydrogens (tertiary/aromatic N) is 2. The molecule has 122 valence electrons. The number of ether oxygens (including phenoxy) is 1. The van der Waals surface area contributed by atoms with Gasteiger partial charge in [-0.15, -0.1) is 0 Å². The SMILES string of the molecule is COC(=O)c1c(C)nc(C)c2c(=O)n(-c3ccccc3F)ccc12. The number of methoxy groups -OCH3 is 1. The van der Waals surface area contributed by atoms with Gasteiger partial charge in [0.1, 0.15) is 5.82 Å². The number of esters is 1. The van der Waals surface area contributed by atoms with Crippen molar-refractivity contribution in [3.63, 3.8) is 0 Å². The minimum absolute atomic E-state index is 0.143. The van der Waals surface area contributed by atoms with Crippen molar-refractivity contribution in [2.45, 2.75) is 13.8 Å². The van der Waals surface area contributed by atoms with Gasteiger partial charge in [0.25, 0.3) is 5.56 Å². The number of carbonyl (C=O) groups is 1. The highest BCUT2D eigenvalue weighted by Crippen LogP contribution is 2.23. The number of halogens is 1. The lowest BCUT2D eigenvalue weighted by atomic mass is 10.0. The molecule has 6 heteroatoms. The minimum Gasteiger partial charge on any atom is -0.465 e. The standard InChI is InChI=1S/C18H15FN2O3/c1-10-15-12(16(11(2)20-10)18(23)24-3)8-9-21(17(15)22)14-7-5-4-6-13(14)19/h4-9H,1-3H3. The normalized spacial score (nSPS) is 10.8. The first-order valence-electron chi connectivity index (χ1n) is 7.31. The first-order valence-corrected chi connectivity index (χ1v) is 7.31. The molecule has 0 aliphatic rings. The van der Waals surface area contributed by atoms with E-state index in [1.54, 1.807) is 32.0 Å². The van der Waals surface area contributed by atoms with Crippen molar-refractivity contribution in [2.24, 2.45) is 0 Å². The molecule has 3 aromatic rings. The zero-order valence-corrected chi connectivity index (χ0v) is 13.5. The van der Waals surface area contributed by atoms with Gasteiger partial charge in [0.2, 0.25) is 0 Å². The van der Waals surface area contributed by atoms with Crippen molar-refractivity contribution in [3.8, 4) is 5.69 Å². The Morgan fingerprint density at radius 2 is 1.88 bits per heavy atom. The Balaban J connectivity index is 2.41. The zero-order valence-electron chi connectivity index (χ0n) is 13.5. The van der Waals surface area contributed by atoms with E-state index in [0.717, 1.165) is 0 Å². The van der Waals surface area contributed by atoms with E-state index in [-0.39, 0.29) is 16.6 Å². The van der Waals surface area contributed by atoms with Gasteiger partial charge in [-0.05, 0) is 32.0 Å². The Hall–Kier alpha value is -3.02. The number of rotatable bonds is 2. The predicted molar refractivity (Wildman–Crippen MR) is 88.1 cm³/mol. The van der Waals surface area contributed by atoms with Gasteiger partial charge in [-0.2, -0.15) is 0 Å².